The number of hydrogen-bond donors (Lipinski definition) is 2. The average molecular weight is 448 g/mol. The van der Waals surface area contributed by atoms with Crippen molar-refractivity contribution in [1.82, 2.24) is 10.6 Å². The Morgan fingerprint density at radius 3 is 2.29 bits per heavy atom. The summed E-state index contributed by atoms with van der Waals surface area (Å²) in [6.07, 6.45) is 2.12. The zero-order valence-corrected chi connectivity index (χ0v) is 18.2. The molecule has 0 radical (unpaired) electrons. The van der Waals surface area contributed by atoms with E-state index in [1.54, 1.807) is 14.2 Å². The Hall–Kier alpha value is -1.02. The van der Waals surface area contributed by atoms with E-state index in [-0.39, 0.29) is 29.6 Å². The van der Waals surface area contributed by atoms with Crippen LogP contribution >= 0.6 is 24.0 Å². The quantitative estimate of drug-likeness (QED) is 0.278. The highest BCUT2D eigenvalue weighted by molar-refractivity contribution is 14.0. The molecule has 5 nitrogen and oxygen atoms in total. The van der Waals surface area contributed by atoms with Crippen LogP contribution in [0, 0.1) is 0 Å². The first-order valence-electron chi connectivity index (χ1n) is 8.14. The SMILES string of the molecule is CN=C(NCCCc1ccc(N(C)C)cc1)NCC(C)(C)OC.I. The molecule has 0 bridgehead atoms. The maximum atomic E-state index is 5.39. The highest BCUT2D eigenvalue weighted by atomic mass is 127. The van der Waals surface area contributed by atoms with Gasteiger partial charge in [-0.05, 0) is 44.4 Å². The molecule has 138 valence electrons. The number of aliphatic imine (C=N–C) groups is 1. The molecule has 0 saturated carbocycles. The second kappa shape index (κ2) is 11.5. The number of nitrogens with one attached hydrogen (secondary N) is 2. The molecule has 0 saturated heterocycles. The lowest BCUT2D eigenvalue weighted by Crippen LogP contribution is -2.45. The molecule has 1 rings (SSSR count). The zero-order chi connectivity index (χ0) is 17.3. The van der Waals surface area contributed by atoms with Gasteiger partial charge in [0.15, 0.2) is 5.96 Å². The minimum Gasteiger partial charge on any atom is -0.378 e. The topological polar surface area (TPSA) is 48.9 Å². The minimum atomic E-state index is -0.203. The lowest BCUT2D eigenvalue weighted by atomic mass is 10.1. The van der Waals surface area contributed by atoms with Crippen molar-refractivity contribution < 1.29 is 4.74 Å². The number of guanidine groups is 1. The molecule has 6 heteroatoms. The summed E-state index contributed by atoms with van der Waals surface area (Å²) in [4.78, 5) is 6.35. The summed E-state index contributed by atoms with van der Waals surface area (Å²) in [5.74, 6) is 0.818. The Morgan fingerprint density at radius 2 is 1.79 bits per heavy atom. The molecule has 0 spiro atoms. The van der Waals surface area contributed by atoms with E-state index in [0.29, 0.717) is 0 Å². The zero-order valence-electron chi connectivity index (χ0n) is 15.8. The number of nitrogens with zero attached hydrogens (tertiary/aromatic N) is 2. The number of anilines is 1. The third kappa shape index (κ3) is 8.73. The third-order valence-electron chi connectivity index (χ3n) is 3.85. The Labute approximate surface area is 164 Å². The first-order chi connectivity index (χ1) is 10.9. The maximum Gasteiger partial charge on any atom is 0.191 e. The van der Waals surface area contributed by atoms with E-state index in [2.05, 4.69) is 58.9 Å². The first-order valence-corrected chi connectivity index (χ1v) is 8.14. The maximum absolute atomic E-state index is 5.39. The van der Waals surface area contributed by atoms with Gasteiger partial charge < -0.3 is 20.3 Å². The molecular formula is C18H33IN4O. The standard InChI is InChI=1S/C18H32N4O.HI/c1-18(2,23-6)14-21-17(19-3)20-13-7-8-15-9-11-16(12-10-15)22(4)5;/h9-12H,7-8,13-14H2,1-6H3,(H2,19,20,21);1H. The molecule has 0 aliphatic heterocycles. The molecule has 0 unspecified atom stereocenters. The molecule has 1 aromatic carbocycles. The highest BCUT2D eigenvalue weighted by Gasteiger charge is 2.16. The largest absolute Gasteiger partial charge is 0.378 e. The summed E-state index contributed by atoms with van der Waals surface area (Å²) in [5, 5.41) is 6.63. The minimum absolute atomic E-state index is 0. The van der Waals surface area contributed by atoms with Gasteiger partial charge in [0.25, 0.3) is 0 Å². The number of methoxy groups -OCH3 is 1. The van der Waals surface area contributed by atoms with E-state index in [4.69, 9.17) is 4.74 Å². The fraction of sp³-hybridized carbons (Fsp3) is 0.611. The van der Waals surface area contributed by atoms with Gasteiger partial charge in [-0.1, -0.05) is 12.1 Å². The van der Waals surface area contributed by atoms with Gasteiger partial charge in [0.05, 0.1) is 5.60 Å². The molecule has 0 aliphatic rings. The lowest BCUT2D eigenvalue weighted by molar-refractivity contribution is 0.0268. The summed E-state index contributed by atoms with van der Waals surface area (Å²) >= 11 is 0. The number of aryl methyl sites for hydroxylation is 1. The van der Waals surface area contributed by atoms with E-state index in [9.17, 15) is 0 Å². The van der Waals surface area contributed by atoms with Crippen LogP contribution in [0.25, 0.3) is 0 Å². The average Bonchev–Trinajstić information content (AvgIpc) is 2.54. The summed E-state index contributed by atoms with van der Waals surface area (Å²) in [6.45, 7) is 5.70. The molecule has 0 aromatic heterocycles. The summed E-state index contributed by atoms with van der Waals surface area (Å²) in [5.41, 5.74) is 2.39. The van der Waals surface area contributed by atoms with Crippen LogP contribution in [0.3, 0.4) is 0 Å². The number of rotatable bonds is 8. The van der Waals surface area contributed by atoms with Crippen LogP contribution < -0.4 is 15.5 Å². The molecular weight excluding hydrogens is 415 g/mol. The molecule has 0 amide bonds. The summed E-state index contributed by atoms with van der Waals surface area (Å²) in [7, 11) is 7.62. The van der Waals surface area contributed by atoms with Gasteiger partial charge in [-0.15, -0.1) is 24.0 Å². The van der Waals surface area contributed by atoms with Crippen molar-refractivity contribution in [3.63, 3.8) is 0 Å². The van der Waals surface area contributed by atoms with Gasteiger partial charge in [0, 0.05) is 47.0 Å². The number of ether oxygens (including phenoxy) is 1. The smallest absolute Gasteiger partial charge is 0.191 e. The predicted octanol–water partition coefficient (Wildman–Crippen LogP) is 2.89. The van der Waals surface area contributed by atoms with Gasteiger partial charge in [-0.2, -0.15) is 0 Å². The highest BCUT2D eigenvalue weighted by Crippen LogP contribution is 2.13. The molecule has 2 N–H and O–H groups in total. The molecule has 0 fully saturated rings. The fourth-order valence-electron chi connectivity index (χ4n) is 2.05. The van der Waals surface area contributed by atoms with Crippen LogP contribution in [0.4, 0.5) is 5.69 Å². The van der Waals surface area contributed by atoms with Gasteiger partial charge in [-0.25, -0.2) is 0 Å². The van der Waals surface area contributed by atoms with Gasteiger partial charge in [0.1, 0.15) is 0 Å². The van der Waals surface area contributed by atoms with E-state index >= 15 is 0 Å². The summed E-state index contributed by atoms with van der Waals surface area (Å²) < 4.78 is 5.39. The van der Waals surface area contributed by atoms with Crippen molar-refractivity contribution in [2.24, 2.45) is 4.99 Å². The fourth-order valence-corrected chi connectivity index (χ4v) is 2.05. The summed E-state index contributed by atoms with van der Waals surface area (Å²) in [6, 6.07) is 8.72. The van der Waals surface area contributed by atoms with Crippen LogP contribution in [0.5, 0.6) is 0 Å². The van der Waals surface area contributed by atoms with Crippen LogP contribution in [-0.4, -0.2) is 52.9 Å². The lowest BCUT2D eigenvalue weighted by Gasteiger charge is -2.24. The Morgan fingerprint density at radius 1 is 1.17 bits per heavy atom. The Balaban J connectivity index is 0.00000529. The number of hydrogen-bond acceptors (Lipinski definition) is 3. The van der Waals surface area contributed by atoms with Crippen LogP contribution in [-0.2, 0) is 11.2 Å². The van der Waals surface area contributed by atoms with Gasteiger partial charge in [0.2, 0.25) is 0 Å². The van der Waals surface area contributed by atoms with Crippen LogP contribution in [0.15, 0.2) is 29.3 Å². The second-order valence-corrected chi connectivity index (χ2v) is 6.48. The monoisotopic (exact) mass is 448 g/mol. The second-order valence-electron chi connectivity index (χ2n) is 6.48. The Kier molecular flexibility index (Phi) is 11.0. The van der Waals surface area contributed by atoms with Crippen LogP contribution in [0.1, 0.15) is 25.8 Å². The Bertz CT molecular complexity index is 486. The van der Waals surface area contributed by atoms with E-state index in [1.165, 1.54) is 11.3 Å². The van der Waals surface area contributed by atoms with E-state index in [1.807, 2.05) is 13.8 Å². The molecule has 0 aliphatic carbocycles. The van der Waals surface area contributed by atoms with Crippen molar-refractivity contribution >= 4 is 35.6 Å². The predicted molar refractivity (Wildman–Crippen MR) is 115 cm³/mol. The van der Waals surface area contributed by atoms with Crippen LogP contribution in [0.2, 0.25) is 0 Å². The molecule has 24 heavy (non-hydrogen) atoms. The van der Waals surface area contributed by atoms with E-state index < -0.39 is 0 Å². The van der Waals surface area contributed by atoms with Crippen molar-refractivity contribution in [3.8, 4) is 0 Å². The molecule has 1 aromatic rings. The van der Waals surface area contributed by atoms with E-state index in [0.717, 1.165) is 31.9 Å². The van der Waals surface area contributed by atoms with Gasteiger partial charge >= 0.3 is 0 Å². The third-order valence-corrected chi connectivity index (χ3v) is 3.85. The number of halogens is 1. The number of benzene rings is 1. The normalized spacial score (nSPS) is 11.7. The van der Waals surface area contributed by atoms with Crippen molar-refractivity contribution in [2.45, 2.75) is 32.3 Å². The molecule has 0 atom stereocenters. The van der Waals surface area contributed by atoms with Crippen molar-refractivity contribution in [3.05, 3.63) is 29.8 Å². The van der Waals surface area contributed by atoms with Gasteiger partial charge in [-0.3, -0.25) is 4.99 Å². The van der Waals surface area contributed by atoms with Crippen molar-refractivity contribution in [2.75, 3.05) is 46.2 Å². The molecule has 0 heterocycles. The van der Waals surface area contributed by atoms with Crippen molar-refractivity contribution in [1.29, 1.82) is 0 Å². The first kappa shape index (κ1) is 23.0.